The monoisotopic (exact) mass is 258 g/mol. The van der Waals surface area contributed by atoms with Crippen LogP contribution >= 0.6 is 11.3 Å². The Bertz CT molecular complexity index is 312. The lowest BCUT2D eigenvalue weighted by atomic mass is 10.1. The van der Waals surface area contributed by atoms with Crippen molar-refractivity contribution in [3.05, 3.63) is 16.6 Å². The average molecular weight is 258 g/mol. The Morgan fingerprint density at radius 1 is 1.53 bits per heavy atom. The summed E-state index contributed by atoms with van der Waals surface area (Å²) in [6, 6.07) is 0. The van der Waals surface area contributed by atoms with Crippen molar-refractivity contribution in [2.75, 3.05) is 13.2 Å². The molecule has 5 heteroatoms. The molecule has 1 atom stereocenters. The third-order valence-corrected chi connectivity index (χ3v) is 3.47. The van der Waals surface area contributed by atoms with E-state index >= 15 is 0 Å². The summed E-state index contributed by atoms with van der Waals surface area (Å²) in [6.45, 7) is 8.89. The third-order valence-electron chi connectivity index (χ3n) is 2.37. The second-order valence-electron chi connectivity index (χ2n) is 4.88. The number of thiazole rings is 1. The minimum atomic E-state index is -0.489. The van der Waals surface area contributed by atoms with Gasteiger partial charge < -0.3 is 15.2 Å². The Balaban J connectivity index is 2.34. The van der Waals surface area contributed by atoms with E-state index in [4.69, 9.17) is 4.74 Å². The molecule has 0 aliphatic rings. The molecule has 0 bridgehead atoms. The van der Waals surface area contributed by atoms with E-state index < -0.39 is 6.10 Å². The van der Waals surface area contributed by atoms with Crippen LogP contribution in [-0.4, -0.2) is 35.5 Å². The van der Waals surface area contributed by atoms with Gasteiger partial charge in [-0.25, -0.2) is 4.98 Å². The topological polar surface area (TPSA) is 54.4 Å². The van der Waals surface area contributed by atoms with Crippen LogP contribution in [0.2, 0.25) is 0 Å². The summed E-state index contributed by atoms with van der Waals surface area (Å²) in [7, 11) is 0. The number of nitrogens with zero attached hydrogens (tertiary/aromatic N) is 1. The van der Waals surface area contributed by atoms with Crippen LogP contribution in [0.5, 0.6) is 0 Å². The Morgan fingerprint density at radius 3 is 2.76 bits per heavy atom. The smallest absolute Gasteiger partial charge is 0.112 e. The van der Waals surface area contributed by atoms with E-state index in [2.05, 4.69) is 24.1 Å². The zero-order valence-electron chi connectivity index (χ0n) is 10.9. The molecule has 0 aliphatic heterocycles. The summed E-state index contributed by atoms with van der Waals surface area (Å²) in [5.74, 6) is 0. The number of aromatic nitrogens is 1. The average Bonchev–Trinajstić information content (AvgIpc) is 2.77. The van der Waals surface area contributed by atoms with Crippen molar-refractivity contribution in [2.24, 2.45) is 0 Å². The van der Waals surface area contributed by atoms with Gasteiger partial charge in [0.15, 0.2) is 0 Å². The van der Waals surface area contributed by atoms with Crippen molar-refractivity contribution >= 4 is 11.3 Å². The van der Waals surface area contributed by atoms with Gasteiger partial charge in [0.2, 0.25) is 0 Å². The normalized spacial score (nSPS) is 14.2. The van der Waals surface area contributed by atoms with Crippen LogP contribution in [0.1, 0.15) is 32.7 Å². The Labute approximate surface area is 107 Å². The van der Waals surface area contributed by atoms with Gasteiger partial charge in [-0.2, -0.15) is 0 Å². The highest BCUT2D eigenvalue weighted by atomic mass is 32.1. The fraction of sp³-hybridized carbons (Fsp3) is 0.750. The van der Waals surface area contributed by atoms with Crippen LogP contribution in [0.4, 0.5) is 0 Å². The molecule has 4 nitrogen and oxygen atoms in total. The SMILES string of the molecule is CC(C)OCC(O)CNC(C)(C)c1nccs1. The molecule has 1 aromatic rings. The molecular weight excluding hydrogens is 236 g/mol. The Kier molecular flexibility index (Phi) is 5.52. The molecule has 1 aromatic heterocycles. The predicted molar refractivity (Wildman–Crippen MR) is 70.2 cm³/mol. The van der Waals surface area contributed by atoms with Crippen LogP contribution in [0, 0.1) is 0 Å². The van der Waals surface area contributed by atoms with Gasteiger partial charge in [0.25, 0.3) is 0 Å². The highest BCUT2D eigenvalue weighted by molar-refractivity contribution is 7.09. The summed E-state index contributed by atoms with van der Waals surface area (Å²) in [6.07, 6.45) is 1.45. The van der Waals surface area contributed by atoms with Gasteiger partial charge in [-0.15, -0.1) is 11.3 Å². The van der Waals surface area contributed by atoms with Crippen molar-refractivity contribution in [1.82, 2.24) is 10.3 Å². The summed E-state index contributed by atoms with van der Waals surface area (Å²) in [5, 5.41) is 16.0. The first-order chi connectivity index (χ1) is 7.92. The molecule has 0 fully saturated rings. The number of aliphatic hydroxyl groups excluding tert-OH is 1. The Hall–Kier alpha value is -0.490. The summed E-state index contributed by atoms with van der Waals surface area (Å²) in [4.78, 5) is 4.28. The van der Waals surface area contributed by atoms with E-state index in [0.717, 1.165) is 5.01 Å². The van der Waals surface area contributed by atoms with E-state index in [9.17, 15) is 5.11 Å². The lowest BCUT2D eigenvalue weighted by Crippen LogP contribution is -2.42. The van der Waals surface area contributed by atoms with E-state index in [1.807, 2.05) is 19.2 Å². The zero-order valence-corrected chi connectivity index (χ0v) is 11.8. The molecule has 0 spiro atoms. The quantitative estimate of drug-likeness (QED) is 0.782. The lowest BCUT2D eigenvalue weighted by molar-refractivity contribution is 0.00394. The molecule has 1 unspecified atom stereocenters. The molecule has 1 heterocycles. The predicted octanol–water partition coefficient (Wildman–Crippen LogP) is 1.75. The van der Waals surface area contributed by atoms with Gasteiger partial charge in [-0.1, -0.05) is 0 Å². The first kappa shape index (κ1) is 14.6. The molecular formula is C12H22N2O2S. The number of nitrogens with one attached hydrogen (secondary N) is 1. The standard InChI is InChI=1S/C12H22N2O2S/c1-9(2)16-8-10(15)7-14-12(3,4)11-13-5-6-17-11/h5-6,9-10,14-15H,7-8H2,1-4H3. The number of hydrogen-bond donors (Lipinski definition) is 2. The van der Waals surface area contributed by atoms with Crippen LogP contribution in [0.3, 0.4) is 0 Å². The third kappa shape index (κ3) is 5.12. The lowest BCUT2D eigenvalue weighted by Gasteiger charge is -2.25. The molecule has 0 aromatic carbocycles. The number of ether oxygens (including phenoxy) is 1. The maximum absolute atomic E-state index is 9.75. The zero-order chi connectivity index (χ0) is 12.9. The minimum absolute atomic E-state index is 0.150. The number of rotatable bonds is 7. The van der Waals surface area contributed by atoms with Crippen molar-refractivity contribution < 1.29 is 9.84 Å². The second-order valence-corrected chi connectivity index (χ2v) is 5.77. The van der Waals surface area contributed by atoms with Gasteiger partial charge in [0, 0.05) is 18.1 Å². The first-order valence-corrected chi connectivity index (χ1v) is 6.74. The largest absolute Gasteiger partial charge is 0.389 e. The summed E-state index contributed by atoms with van der Waals surface area (Å²) < 4.78 is 5.36. The molecule has 1 rings (SSSR count). The van der Waals surface area contributed by atoms with Crippen LogP contribution in [-0.2, 0) is 10.3 Å². The van der Waals surface area contributed by atoms with Crippen molar-refractivity contribution in [3.8, 4) is 0 Å². The molecule has 0 amide bonds. The molecule has 0 aliphatic carbocycles. The number of hydrogen-bond acceptors (Lipinski definition) is 5. The highest BCUT2D eigenvalue weighted by Gasteiger charge is 2.23. The molecule has 2 N–H and O–H groups in total. The van der Waals surface area contributed by atoms with Crippen molar-refractivity contribution in [2.45, 2.75) is 45.4 Å². The fourth-order valence-electron chi connectivity index (χ4n) is 1.34. The van der Waals surface area contributed by atoms with Crippen LogP contribution in [0.25, 0.3) is 0 Å². The molecule has 0 saturated carbocycles. The molecule has 98 valence electrons. The number of aliphatic hydroxyl groups is 1. The first-order valence-electron chi connectivity index (χ1n) is 5.86. The van der Waals surface area contributed by atoms with E-state index in [1.165, 1.54) is 0 Å². The van der Waals surface area contributed by atoms with Gasteiger partial charge in [0.1, 0.15) is 5.01 Å². The second kappa shape index (κ2) is 6.44. The Morgan fingerprint density at radius 2 is 2.24 bits per heavy atom. The minimum Gasteiger partial charge on any atom is -0.389 e. The summed E-state index contributed by atoms with van der Waals surface area (Å²) >= 11 is 1.61. The van der Waals surface area contributed by atoms with Gasteiger partial charge in [-0.3, -0.25) is 0 Å². The van der Waals surface area contributed by atoms with Gasteiger partial charge in [0.05, 0.1) is 24.4 Å². The highest BCUT2D eigenvalue weighted by Crippen LogP contribution is 2.21. The van der Waals surface area contributed by atoms with E-state index in [0.29, 0.717) is 13.2 Å². The molecule has 17 heavy (non-hydrogen) atoms. The van der Waals surface area contributed by atoms with Crippen molar-refractivity contribution in [1.29, 1.82) is 0 Å². The van der Waals surface area contributed by atoms with Gasteiger partial charge in [-0.05, 0) is 27.7 Å². The van der Waals surface area contributed by atoms with Crippen LogP contribution in [0.15, 0.2) is 11.6 Å². The van der Waals surface area contributed by atoms with Gasteiger partial charge >= 0.3 is 0 Å². The maximum atomic E-state index is 9.75. The summed E-state index contributed by atoms with van der Waals surface area (Å²) in [5.41, 5.74) is -0.215. The molecule has 0 radical (unpaired) electrons. The van der Waals surface area contributed by atoms with E-state index in [1.54, 1.807) is 17.5 Å². The fourth-order valence-corrected chi connectivity index (χ4v) is 2.08. The van der Waals surface area contributed by atoms with Crippen molar-refractivity contribution in [3.63, 3.8) is 0 Å². The van der Waals surface area contributed by atoms with E-state index in [-0.39, 0.29) is 11.6 Å². The van der Waals surface area contributed by atoms with Crippen LogP contribution < -0.4 is 5.32 Å². The molecule has 0 saturated heterocycles. The maximum Gasteiger partial charge on any atom is 0.112 e.